The third-order valence-corrected chi connectivity index (χ3v) is 4.37. The first kappa shape index (κ1) is 15.3. The van der Waals surface area contributed by atoms with E-state index in [0.717, 1.165) is 30.3 Å². The van der Waals surface area contributed by atoms with Crippen LogP contribution in [0.15, 0.2) is 9.95 Å². The van der Waals surface area contributed by atoms with Crippen molar-refractivity contribution in [3.63, 3.8) is 0 Å². The maximum Gasteiger partial charge on any atom is 0.343 e. The number of nitrogens with one attached hydrogen (secondary N) is 2. The molecule has 1 aromatic heterocycles. The average molecular weight is 272 g/mol. The predicted molar refractivity (Wildman–Crippen MR) is 76.1 cm³/mol. The molecule has 0 bridgehead atoms. The minimum absolute atomic E-state index is 0.154. The van der Waals surface area contributed by atoms with Gasteiger partial charge in [0.25, 0.3) is 0 Å². The van der Waals surface area contributed by atoms with Crippen LogP contribution in [0.5, 0.6) is 0 Å². The van der Waals surface area contributed by atoms with Crippen molar-refractivity contribution in [2.75, 3.05) is 12.3 Å². The molecule has 6 heteroatoms. The average Bonchev–Trinajstić information content (AvgIpc) is 2.69. The zero-order chi connectivity index (χ0) is 13.5. The summed E-state index contributed by atoms with van der Waals surface area (Å²) in [5.74, 6) is 1.56. The molecule has 0 fully saturated rings. The van der Waals surface area contributed by atoms with Gasteiger partial charge < -0.3 is 5.32 Å². The van der Waals surface area contributed by atoms with Crippen molar-refractivity contribution in [2.45, 2.75) is 44.8 Å². The number of aromatic nitrogens is 3. The van der Waals surface area contributed by atoms with Gasteiger partial charge in [-0.1, -0.05) is 39.0 Å². The van der Waals surface area contributed by atoms with Gasteiger partial charge in [0, 0.05) is 18.8 Å². The van der Waals surface area contributed by atoms with E-state index >= 15 is 0 Å². The van der Waals surface area contributed by atoms with E-state index in [-0.39, 0.29) is 5.69 Å². The summed E-state index contributed by atoms with van der Waals surface area (Å²) < 4.78 is 1.55. The van der Waals surface area contributed by atoms with Gasteiger partial charge in [-0.15, -0.1) is 5.10 Å². The van der Waals surface area contributed by atoms with Crippen LogP contribution in [0.2, 0.25) is 0 Å². The molecule has 0 aliphatic carbocycles. The van der Waals surface area contributed by atoms with Gasteiger partial charge in [-0.25, -0.2) is 9.89 Å². The standard InChI is InChI=1S/C12H24N4OS/c1-5-7-13-10(9(3)6-2)8-18-12-15-14-11(17)16(12)4/h9-10,13H,5-8H2,1-4H3,(H,14,17). The SMILES string of the molecule is CCCNC(CSc1n[nH]c(=O)n1C)C(C)CC. The Labute approximate surface area is 113 Å². The molecular weight excluding hydrogens is 248 g/mol. The molecule has 5 nitrogen and oxygen atoms in total. The maximum atomic E-state index is 11.3. The van der Waals surface area contributed by atoms with Crippen LogP contribution in [0.4, 0.5) is 0 Å². The maximum absolute atomic E-state index is 11.3. The molecular formula is C12H24N4OS. The van der Waals surface area contributed by atoms with E-state index < -0.39 is 0 Å². The van der Waals surface area contributed by atoms with Crippen molar-refractivity contribution in [3.8, 4) is 0 Å². The van der Waals surface area contributed by atoms with Gasteiger partial charge in [0.2, 0.25) is 0 Å². The molecule has 1 heterocycles. The highest BCUT2D eigenvalue weighted by atomic mass is 32.2. The molecule has 0 saturated heterocycles. The Hall–Kier alpha value is -0.750. The Bertz CT molecular complexity index is 401. The molecule has 18 heavy (non-hydrogen) atoms. The lowest BCUT2D eigenvalue weighted by atomic mass is 10.0. The molecule has 2 N–H and O–H groups in total. The van der Waals surface area contributed by atoms with Crippen LogP contribution in [0.1, 0.15) is 33.6 Å². The van der Waals surface area contributed by atoms with Crippen molar-refractivity contribution in [1.82, 2.24) is 20.1 Å². The number of hydrogen-bond donors (Lipinski definition) is 2. The number of rotatable bonds is 8. The summed E-state index contributed by atoms with van der Waals surface area (Å²) in [5, 5.41) is 10.8. The van der Waals surface area contributed by atoms with E-state index in [1.54, 1.807) is 23.4 Å². The lowest BCUT2D eigenvalue weighted by molar-refractivity contribution is 0.396. The minimum atomic E-state index is -0.154. The summed E-state index contributed by atoms with van der Waals surface area (Å²) in [6.45, 7) is 7.68. The predicted octanol–water partition coefficient (Wildman–Crippen LogP) is 1.61. The molecule has 104 valence electrons. The zero-order valence-corrected chi connectivity index (χ0v) is 12.5. The highest BCUT2D eigenvalue weighted by molar-refractivity contribution is 7.99. The number of nitrogens with zero attached hydrogens (tertiary/aromatic N) is 2. The molecule has 1 rings (SSSR count). The second-order valence-electron chi connectivity index (χ2n) is 4.63. The number of hydrogen-bond acceptors (Lipinski definition) is 4. The van der Waals surface area contributed by atoms with Crippen LogP contribution in [-0.2, 0) is 7.05 Å². The fourth-order valence-corrected chi connectivity index (χ4v) is 2.83. The van der Waals surface area contributed by atoms with Crippen LogP contribution in [0.25, 0.3) is 0 Å². The first-order chi connectivity index (χ1) is 8.60. The summed E-state index contributed by atoms with van der Waals surface area (Å²) in [4.78, 5) is 11.3. The third kappa shape index (κ3) is 4.17. The minimum Gasteiger partial charge on any atom is -0.313 e. The van der Waals surface area contributed by atoms with Crippen molar-refractivity contribution in [1.29, 1.82) is 0 Å². The van der Waals surface area contributed by atoms with Gasteiger partial charge in [-0.2, -0.15) is 0 Å². The molecule has 0 aromatic carbocycles. The molecule has 0 spiro atoms. The smallest absolute Gasteiger partial charge is 0.313 e. The van der Waals surface area contributed by atoms with E-state index in [1.165, 1.54) is 0 Å². The lowest BCUT2D eigenvalue weighted by Crippen LogP contribution is -2.37. The molecule has 2 atom stereocenters. The third-order valence-electron chi connectivity index (χ3n) is 3.22. The van der Waals surface area contributed by atoms with Gasteiger partial charge in [-0.3, -0.25) is 4.57 Å². The van der Waals surface area contributed by atoms with Crippen LogP contribution < -0.4 is 11.0 Å². The lowest BCUT2D eigenvalue weighted by Gasteiger charge is -2.23. The second-order valence-corrected chi connectivity index (χ2v) is 5.61. The molecule has 2 unspecified atom stereocenters. The first-order valence-corrected chi connectivity index (χ1v) is 7.56. The Balaban J connectivity index is 2.55. The van der Waals surface area contributed by atoms with Crippen LogP contribution in [-0.4, -0.2) is 33.1 Å². The van der Waals surface area contributed by atoms with E-state index in [4.69, 9.17) is 0 Å². The Morgan fingerprint density at radius 1 is 1.50 bits per heavy atom. The van der Waals surface area contributed by atoms with E-state index in [1.807, 2.05) is 0 Å². The van der Waals surface area contributed by atoms with Gasteiger partial charge in [-0.05, 0) is 18.9 Å². The quantitative estimate of drug-likeness (QED) is 0.706. The summed E-state index contributed by atoms with van der Waals surface area (Å²) >= 11 is 1.63. The first-order valence-electron chi connectivity index (χ1n) is 6.57. The molecule has 0 saturated carbocycles. The molecule has 0 radical (unpaired) electrons. The summed E-state index contributed by atoms with van der Waals surface area (Å²) in [6.07, 6.45) is 2.29. The normalized spacial score (nSPS) is 14.7. The Kier molecular flexibility index (Phi) is 6.49. The second kappa shape index (κ2) is 7.63. The summed E-state index contributed by atoms with van der Waals surface area (Å²) in [6, 6.07) is 0.465. The topological polar surface area (TPSA) is 62.7 Å². The van der Waals surface area contributed by atoms with E-state index in [0.29, 0.717) is 12.0 Å². The van der Waals surface area contributed by atoms with Gasteiger partial charge in [0.15, 0.2) is 5.16 Å². The Morgan fingerprint density at radius 2 is 2.22 bits per heavy atom. The highest BCUT2D eigenvalue weighted by Gasteiger charge is 2.16. The highest BCUT2D eigenvalue weighted by Crippen LogP contribution is 2.18. The van der Waals surface area contributed by atoms with Crippen LogP contribution >= 0.6 is 11.8 Å². The zero-order valence-electron chi connectivity index (χ0n) is 11.7. The molecule has 1 aromatic rings. The fraction of sp³-hybridized carbons (Fsp3) is 0.833. The number of thioether (sulfide) groups is 1. The monoisotopic (exact) mass is 272 g/mol. The van der Waals surface area contributed by atoms with Crippen molar-refractivity contribution < 1.29 is 0 Å². The van der Waals surface area contributed by atoms with Gasteiger partial charge in [0.05, 0.1) is 0 Å². The van der Waals surface area contributed by atoms with Crippen LogP contribution in [0.3, 0.4) is 0 Å². The van der Waals surface area contributed by atoms with Crippen molar-refractivity contribution in [3.05, 3.63) is 10.5 Å². The van der Waals surface area contributed by atoms with E-state index in [2.05, 4.69) is 36.3 Å². The Morgan fingerprint density at radius 3 is 2.72 bits per heavy atom. The van der Waals surface area contributed by atoms with Crippen LogP contribution in [0, 0.1) is 5.92 Å². The molecule has 0 aliphatic heterocycles. The number of H-pyrrole nitrogens is 1. The number of aromatic amines is 1. The van der Waals surface area contributed by atoms with Crippen molar-refractivity contribution in [2.24, 2.45) is 13.0 Å². The fourth-order valence-electron chi connectivity index (χ4n) is 1.66. The molecule has 0 amide bonds. The van der Waals surface area contributed by atoms with Gasteiger partial charge in [0.1, 0.15) is 0 Å². The van der Waals surface area contributed by atoms with E-state index in [9.17, 15) is 4.79 Å². The molecule has 0 aliphatic rings. The summed E-state index contributed by atoms with van der Waals surface area (Å²) in [7, 11) is 1.74. The largest absolute Gasteiger partial charge is 0.343 e. The van der Waals surface area contributed by atoms with Gasteiger partial charge >= 0.3 is 5.69 Å². The van der Waals surface area contributed by atoms with Crippen molar-refractivity contribution >= 4 is 11.8 Å². The summed E-state index contributed by atoms with van der Waals surface area (Å²) in [5.41, 5.74) is -0.154.